The van der Waals surface area contributed by atoms with Crippen molar-refractivity contribution < 1.29 is 4.74 Å². The highest BCUT2D eigenvalue weighted by Crippen LogP contribution is 2.34. The number of nitrogens with zero attached hydrogens (tertiary/aromatic N) is 1. The first kappa shape index (κ1) is 17.6. The summed E-state index contributed by atoms with van der Waals surface area (Å²) in [5, 5.41) is 4.55. The predicted molar refractivity (Wildman–Crippen MR) is 87.3 cm³/mol. The molecule has 0 aliphatic rings. The molecular formula is C16H30N2OS. The molecule has 0 aliphatic heterocycles. The van der Waals surface area contributed by atoms with E-state index in [9.17, 15) is 0 Å². The number of ether oxygens (including phenoxy) is 1. The Hall–Kier alpha value is -0.450. The number of hydrogen-bond donors (Lipinski definition) is 1. The summed E-state index contributed by atoms with van der Waals surface area (Å²) in [4.78, 5) is 6.29. The fraction of sp³-hybridized carbons (Fsp3) is 0.812. The predicted octanol–water partition coefficient (Wildman–Crippen LogP) is 4.11. The van der Waals surface area contributed by atoms with Crippen molar-refractivity contribution in [2.24, 2.45) is 5.92 Å². The van der Waals surface area contributed by atoms with Gasteiger partial charge in [-0.3, -0.25) is 0 Å². The Morgan fingerprint density at radius 3 is 2.50 bits per heavy atom. The van der Waals surface area contributed by atoms with Crippen LogP contribution in [-0.4, -0.2) is 18.1 Å². The number of rotatable bonds is 9. The van der Waals surface area contributed by atoms with Gasteiger partial charge in [0.15, 0.2) is 0 Å². The van der Waals surface area contributed by atoms with Gasteiger partial charge in [-0.25, -0.2) is 4.98 Å². The molecule has 1 N–H and O–H groups in total. The Morgan fingerprint density at radius 2 is 2.00 bits per heavy atom. The molecule has 1 aromatic heterocycles. The lowest BCUT2D eigenvalue weighted by Crippen LogP contribution is -2.24. The summed E-state index contributed by atoms with van der Waals surface area (Å²) in [6, 6.07) is 0. The van der Waals surface area contributed by atoms with Crippen LogP contribution in [0.1, 0.15) is 63.5 Å². The third-order valence-corrected chi connectivity index (χ3v) is 4.85. The molecule has 1 unspecified atom stereocenters. The first-order valence-corrected chi connectivity index (χ1v) is 8.62. The third-order valence-electron chi connectivity index (χ3n) is 3.51. The molecule has 0 fully saturated rings. The van der Waals surface area contributed by atoms with E-state index < -0.39 is 0 Å². The normalized spacial score (nSPS) is 14.8. The fourth-order valence-corrected chi connectivity index (χ4v) is 3.40. The van der Waals surface area contributed by atoms with Gasteiger partial charge < -0.3 is 10.1 Å². The summed E-state index contributed by atoms with van der Waals surface area (Å²) in [6.07, 6.45) is 2.00. The molecule has 1 aromatic rings. The second kappa shape index (κ2) is 8.11. The van der Waals surface area contributed by atoms with Crippen molar-refractivity contribution in [1.82, 2.24) is 10.3 Å². The average molecular weight is 298 g/mol. The summed E-state index contributed by atoms with van der Waals surface area (Å²) < 4.78 is 5.97. The van der Waals surface area contributed by atoms with Crippen molar-refractivity contribution in [3.8, 4) is 0 Å². The second-order valence-electron chi connectivity index (χ2n) is 5.78. The molecule has 1 rings (SSSR count). The zero-order chi connectivity index (χ0) is 15.2. The molecule has 20 heavy (non-hydrogen) atoms. The highest BCUT2D eigenvalue weighted by molar-refractivity contribution is 7.11. The first-order chi connectivity index (χ1) is 9.46. The molecule has 1 heterocycles. The summed E-state index contributed by atoms with van der Waals surface area (Å²) >= 11 is 1.81. The largest absolute Gasteiger partial charge is 0.368 e. The second-order valence-corrected chi connectivity index (χ2v) is 6.87. The summed E-state index contributed by atoms with van der Waals surface area (Å²) in [5.74, 6) is 0.630. The maximum Gasteiger partial charge on any atom is 0.125 e. The maximum absolute atomic E-state index is 5.97. The van der Waals surface area contributed by atoms with Crippen molar-refractivity contribution >= 4 is 11.3 Å². The molecule has 0 saturated carbocycles. The van der Waals surface area contributed by atoms with Gasteiger partial charge in [0.05, 0.1) is 5.69 Å². The van der Waals surface area contributed by atoms with E-state index in [0.29, 0.717) is 5.92 Å². The molecule has 1 atom stereocenters. The number of hydrogen-bond acceptors (Lipinski definition) is 4. The summed E-state index contributed by atoms with van der Waals surface area (Å²) in [6.45, 7) is 15.7. The SMILES string of the molecule is CCNCc1sc(C(C)(CC)OCC)nc1CC(C)C. The molecule has 0 aromatic carbocycles. The van der Waals surface area contributed by atoms with Crippen LogP contribution in [0.4, 0.5) is 0 Å². The lowest BCUT2D eigenvalue weighted by Gasteiger charge is -2.25. The van der Waals surface area contributed by atoms with Crippen LogP contribution in [0.3, 0.4) is 0 Å². The lowest BCUT2D eigenvalue weighted by molar-refractivity contribution is -0.0325. The fourth-order valence-electron chi connectivity index (χ4n) is 2.17. The zero-order valence-electron chi connectivity index (χ0n) is 13.9. The molecule has 0 spiro atoms. The molecule has 116 valence electrons. The topological polar surface area (TPSA) is 34.1 Å². The minimum absolute atomic E-state index is 0.240. The quantitative estimate of drug-likeness (QED) is 0.745. The van der Waals surface area contributed by atoms with Crippen LogP contribution in [-0.2, 0) is 23.3 Å². The lowest BCUT2D eigenvalue weighted by atomic mass is 10.0. The molecule has 0 aliphatic carbocycles. The van der Waals surface area contributed by atoms with Crippen LogP contribution in [0, 0.1) is 5.92 Å². The first-order valence-electron chi connectivity index (χ1n) is 7.80. The summed E-state index contributed by atoms with van der Waals surface area (Å²) in [5.41, 5.74) is 1.01. The van der Waals surface area contributed by atoms with Crippen molar-refractivity contribution in [1.29, 1.82) is 0 Å². The molecular weight excluding hydrogens is 268 g/mol. The standard InChI is InChI=1S/C16H30N2OS/c1-7-16(6,19-9-3)15-18-13(10-12(4)5)14(20-15)11-17-8-2/h12,17H,7-11H2,1-6H3. The van der Waals surface area contributed by atoms with Gasteiger partial charge in [0.2, 0.25) is 0 Å². The highest BCUT2D eigenvalue weighted by atomic mass is 32.1. The Labute approximate surface area is 128 Å². The third kappa shape index (κ3) is 4.54. The Bertz CT molecular complexity index is 403. The monoisotopic (exact) mass is 298 g/mol. The van der Waals surface area contributed by atoms with Gasteiger partial charge in [0, 0.05) is 18.0 Å². The van der Waals surface area contributed by atoms with E-state index in [1.54, 1.807) is 0 Å². The maximum atomic E-state index is 5.97. The van der Waals surface area contributed by atoms with E-state index in [4.69, 9.17) is 9.72 Å². The minimum Gasteiger partial charge on any atom is -0.368 e. The summed E-state index contributed by atoms with van der Waals surface area (Å²) in [7, 11) is 0. The molecule has 0 radical (unpaired) electrons. The van der Waals surface area contributed by atoms with Gasteiger partial charge in [-0.2, -0.15) is 0 Å². The number of thiazole rings is 1. The molecule has 0 bridgehead atoms. The van der Waals surface area contributed by atoms with Crippen LogP contribution in [0.2, 0.25) is 0 Å². The van der Waals surface area contributed by atoms with Crippen molar-refractivity contribution in [2.75, 3.05) is 13.2 Å². The van der Waals surface area contributed by atoms with Gasteiger partial charge in [0.1, 0.15) is 10.6 Å². The molecule has 0 saturated heterocycles. The van der Waals surface area contributed by atoms with E-state index in [1.165, 1.54) is 10.6 Å². The molecule has 0 amide bonds. The van der Waals surface area contributed by atoms with Crippen molar-refractivity contribution in [3.05, 3.63) is 15.6 Å². The Morgan fingerprint density at radius 1 is 1.30 bits per heavy atom. The van der Waals surface area contributed by atoms with Crippen molar-refractivity contribution in [3.63, 3.8) is 0 Å². The highest BCUT2D eigenvalue weighted by Gasteiger charge is 2.30. The number of aromatic nitrogens is 1. The van der Waals surface area contributed by atoms with Crippen molar-refractivity contribution in [2.45, 2.75) is 66.5 Å². The van der Waals surface area contributed by atoms with Crippen LogP contribution in [0.5, 0.6) is 0 Å². The van der Waals surface area contributed by atoms with Crippen LogP contribution in [0.25, 0.3) is 0 Å². The van der Waals surface area contributed by atoms with E-state index in [-0.39, 0.29) is 5.60 Å². The van der Waals surface area contributed by atoms with Gasteiger partial charge in [0.25, 0.3) is 0 Å². The minimum atomic E-state index is -0.240. The molecule has 4 heteroatoms. The Balaban J connectivity index is 3.05. The van der Waals surface area contributed by atoms with Crippen LogP contribution in [0.15, 0.2) is 0 Å². The van der Waals surface area contributed by atoms with E-state index in [1.807, 2.05) is 11.3 Å². The van der Waals surface area contributed by atoms with E-state index >= 15 is 0 Å². The van der Waals surface area contributed by atoms with Gasteiger partial charge in [-0.1, -0.05) is 27.7 Å². The van der Waals surface area contributed by atoms with E-state index in [2.05, 4.69) is 46.9 Å². The van der Waals surface area contributed by atoms with Gasteiger partial charge in [-0.15, -0.1) is 11.3 Å². The van der Waals surface area contributed by atoms with Gasteiger partial charge >= 0.3 is 0 Å². The van der Waals surface area contributed by atoms with Gasteiger partial charge in [-0.05, 0) is 39.2 Å². The van der Waals surface area contributed by atoms with Crippen LogP contribution < -0.4 is 5.32 Å². The number of nitrogens with one attached hydrogen (secondary N) is 1. The molecule has 3 nitrogen and oxygen atoms in total. The zero-order valence-corrected chi connectivity index (χ0v) is 14.7. The smallest absolute Gasteiger partial charge is 0.125 e. The average Bonchev–Trinajstić information content (AvgIpc) is 2.79. The van der Waals surface area contributed by atoms with Crippen LogP contribution >= 0.6 is 11.3 Å². The van der Waals surface area contributed by atoms with E-state index in [0.717, 1.165) is 37.5 Å². The Kier molecular flexibility index (Phi) is 7.13.